The second-order valence-corrected chi connectivity index (χ2v) is 6.23. The van der Waals surface area contributed by atoms with Crippen LogP contribution in [0.1, 0.15) is 5.56 Å². The normalized spacial score (nSPS) is 10.5. The van der Waals surface area contributed by atoms with Gasteiger partial charge < -0.3 is 5.73 Å². The lowest BCUT2D eigenvalue weighted by Gasteiger charge is -2.07. The summed E-state index contributed by atoms with van der Waals surface area (Å²) in [4.78, 5) is 1.10. The van der Waals surface area contributed by atoms with Crippen LogP contribution >= 0.6 is 46.0 Å². The van der Waals surface area contributed by atoms with Gasteiger partial charge in [0.2, 0.25) is 0 Å². The van der Waals surface area contributed by atoms with Crippen LogP contribution in [0.5, 0.6) is 0 Å². The molecule has 0 aliphatic heterocycles. The van der Waals surface area contributed by atoms with E-state index in [0.29, 0.717) is 0 Å². The fraction of sp³-hybridized carbons (Fsp3) is 0.0769. The first-order valence-electron chi connectivity index (χ1n) is 5.08. The maximum absolute atomic E-state index is 6.11. The van der Waals surface area contributed by atoms with E-state index in [4.69, 9.17) is 17.3 Å². The molecule has 88 valence electrons. The van der Waals surface area contributed by atoms with Gasteiger partial charge >= 0.3 is 0 Å². The highest BCUT2D eigenvalue weighted by molar-refractivity contribution is 14.1. The van der Waals surface area contributed by atoms with Crippen molar-refractivity contribution in [2.75, 3.05) is 5.73 Å². The molecule has 0 spiro atoms. The third-order valence-corrected chi connectivity index (χ3v) is 4.49. The molecule has 1 nitrogen and oxygen atoms in total. The molecular weight excluding hydrogens is 365 g/mol. The first kappa shape index (κ1) is 13.1. The van der Waals surface area contributed by atoms with Gasteiger partial charge in [-0.3, -0.25) is 0 Å². The van der Waals surface area contributed by atoms with Crippen molar-refractivity contribution in [1.29, 1.82) is 0 Å². The topological polar surface area (TPSA) is 26.0 Å². The summed E-state index contributed by atoms with van der Waals surface area (Å²) in [6, 6.07) is 14.0. The zero-order valence-electron chi connectivity index (χ0n) is 8.99. The van der Waals surface area contributed by atoms with Crippen molar-refractivity contribution < 1.29 is 0 Å². The second kappa shape index (κ2) is 5.98. The van der Waals surface area contributed by atoms with Gasteiger partial charge in [-0.15, -0.1) is 11.8 Å². The highest BCUT2D eigenvalue weighted by atomic mass is 127. The van der Waals surface area contributed by atoms with E-state index in [1.54, 1.807) is 11.8 Å². The number of anilines is 1. The van der Waals surface area contributed by atoms with Crippen LogP contribution in [-0.2, 0) is 5.75 Å². The Morgan fingerprint density at radius 1 is 1.18 bits per heavy atom. The van der Waals surface area contributed by atoms with Crippen LogP contribution in [0.25, 0.3) is 0 Å². The maximum atomic E-state index is 6.11. The molecule has 0 fully saturated rings. The van der Waals surface area contributed by atoms with Crippen molar-refractivity contribution in [3.63, 3.8) is 0 Å². The van der Waals surface area contributed by atoms with E-state index in [9.17, 15) is 0 Å². The average molecular weight is 376 g/mol. The van der Waals surface area contributed by atoms with Crippen LogP contribution < -0.4 is 5.73 Å². The Balaban J connectivity index is 2.10. The fourth-order valence-corrected chi connectivity index (χ4v) is 3.17. The quantitative estimate of drug-likeness (QED) is 0.473. The summed E-state index contributed by atoms with van der Waals surface area (Å²) < 4.78 is 1.15. The lowest BCUT2D eigenvalue weighted by atomic mass is 10.2. The number of nitrogen functional groups attached to an aromatic ring is 1. The van der Waals surface area contributed by atoms with Crippen LogP contribution in [0.2, 0.25) is 5.02 Å². The Hall–Kier alpha value is -0.390. The monoisotopic (exact) mass is 375 g/mol. The van der Waals surface area contributed by atoms with Crippen LogP contribution in [0.15, 0.2) is 47.4 Å². The minimum absolute atomic E-state index is 0.809. The lowest BCUT2D eigenvalue weighted by molar-refractivity contribution is 1.38. The van der Waals surface area contributed by atoms with Crippen LogP contribution in [0, 0.1) is 3.57 Å². The summed E-state index contributed by atoms with van der Waals surface area (Å²) >= 11 is 10.1. The molecule has 4 heteroatoms. The Morgan fingerprint density at radius 3 is 2.65 bits per heavy atom. The molecule has 2 aromatic carbocycles. The number of thioether (sulfide) groups is 1. The van der Waals surface area contributed by atoms with E-state index >= 15 is 0 Å². The van der Waals surface area contributed by atoms with Gasteiger partial charge in [0.25, 0.3) is 0 Å². The van der Waals surface area contributed by atoms with Crippen LogP contribution in [-0.4, -0.2) is 0 Å². The van der Waals surface area contributed by atoms with Gasteiger partial charge in [0.15, 0.2) is 0 Å². The van der Waals surface area contributed by atoms with Crippen LogP contribution in [0.3, 0.4) is 0 Å². The molecular formula is C13H11ClINS. The highest BCUT2D eigenvalue weighted by Gasteiger charge is 2.03. The van der Waals surface area contributed by atoms with E-state index in [1.165, 1.54) is 0 Å². The Kier molecular flexibility index (Phi) is 4.59. The standard InChI is InChI=1S/C13H11ClINS/c14-11-4-2-1-3-9(11)8-17-13-6-5-10(15)7-12(13)16/h1-7H,8,16H2. The molecule has 0 saturated carbocycles. The Labute approximate surface area is 124 Å². The average Bonchev–Trinajstić information content (AvgIpc) is 2.30. The third kappa shape index (κ3) is 3.53. The SMILES string of the molecule is Nc1cc(I)ccc1SCc1ccccc1Cl. The maximum Gasteiger partial charge on any atom is 0.0462 e. The van der Waals surface area contributed by atoms with Gasteiger partial charge in [-0.25, -0.2) is 0 Å². The minimum atomic E-state index is 0.809. The molecule has 2 aromatic rings. The van der Waals surface area contributed by atoms with Gasteiger partial charge in [0.05, 0.1) is 0 Å². The predicted molar refractivity (Wildman–Crippen MR) is 84.6 cm³/mol. The summed E-state index contributed by atoms with van der Waals surface area (Å²) in [6.45, 7) is 0. The zero-order chi connectivity index (χ0) is 12.3. The second-order valence-electron chi connectivity index (χ2n) is 3.56. The minimum Gasteiger partial charge on any atom is -0.398 e. The van der Waals surface area contributed by atoms with E-state index in [1.807, 2.05) is 30.3 Å². The Bertz CT molecular complexity index is 531. The summed E-state index contributed by atoms with van der Waals surface area (Å²) in [6.07, 6.45) is 0. The van der Waals surface area contributed by atoms with E-state index in [-0.39, 0.29) is 0 Å². The first-order chi connectivity index (χ1) is 8.16. The van der Waals surface area contributed by atoms with Crippen molar-refractivity contribution >= 4 is 51.6 Å². The molecule has 0 heterocycles. The smallest absolute Gasteiger partial charge is 0.0462 e. The number of halogens is 2. The molecule has 0 aliphatic rings. The van der Waals surface area contributed by atoms with Crippen LogP contribution in [0.4, 0.5) is 5.69 Å². The van der Waals surface area contributed by atoms with E-state index < -0.39 is 0 Å². The zero-order valence-corrected chi connectivity index (χ0v) is 12.7. The number of hydrogen-bond acceptors (Lipinski definition) is 2. The lowest BCUT2D eigenvalue weighted by Crippen LogP contribution is -1.90. The van der Waals surface area contributed by atoms with E-state index in [2.05, 4.69) is 34.7 Å². The largest absolute Gasteiger partial charge is 0.398 e. The van der Waals surface area contributed by atoms with Gasteiger partial charge in [-0.05, 0) is 52.4 Å². The van der Waals surface area contributed by atoms with Crippen molar-refractivity contribution in [2.24, 2.45) is 0 Å². The molecule has 0 radical (unpaired) electrons. The molecule has 0 aliphatic carbocycles. The molecule has 0 aromatic heterocycles. The molecule has 0 bridgehead atoms. The highest BCUT2D eigenvalue weighted by Crippen LogP contribution is 2.31. The molecule has 0 amide bonds. The number of rotatable bonds is 3. The van der Waals surface area contributed by atoms with Gasteiger partial charge in [0, 0.05) is 24.9 Å². The van der Waals surface area contributed by atoms with Crippen molar-refractivity contribution in [1.82, 2.24) is 0 Å². The summed E-state index contributed by atoms with van der Waals surface area (Å²) in [7, 11) is 0. The fourth-order valence-electron chi connectivity index (χ4n) is 1.42. The molecule has 0 unspecified atom stereocenters. The van der Waals surface area contributed by atoms with Gasteiger partial charge in [0.1, 0.15) is 0 Å². The molecule has 17 heavy (non-hydrogen) atoms. The van der Waals surface area contributed by atoms with Crippen molar-refractivity contribution in [3.05, 3.63) is 56.6 Å². The van der Waals surface area contributed by atoms with Gasteiger partial charge in [-0.1, -0.05) is 29.8 Å². The summed E-state index contributed by atoms with van der Waals surface area (Å²) in [5.41, 5.74) is 7.93. The summed E-state index contributed by atoms with van der Waals surface area (Å²) in [5.74, 6) is 0.838. The number of hydrogen-bond donors (Lipinski definition) is 1. The molecule has 0 saturated heterocycles. The molecule has 2 N–H and O–H groups in total. The Morgan fingerprint density at radius 2 is 1.94 bits per heavy atom. The van der Waals surface area contributed by atoms with Crippen molar-refractivity contribution in [3.8, 4) is 0 Å². The number of benzene rings is 2. The first-order valence-corrected chi connectivity index (χ1v) is 7.52. The molecule has 2 rings (SSSR count). The predicted octanol–water partition coefficient (Wildman–Crippen LogP) is 4.82. The van der Waals surface area contributed by atoms with Crippen molar-refractivity contribution in [2.45, 2.75) is 10.6 Å². The van der Waals surface area contributed by atoms with E-state index in [0.717, 1.165) is 30.5 Å². The molecule has 0 atom stereocenters. The third-order valence-electron chi connectivity index (χ3n) is 2.31. The van der Waals surface area contributed by atoms with Gasteiger partial charge in [-0.2, -0.15) is 0 Å². The number of nitrogens with two attached hydrogens (primary N) is 1. The summed E-state index contributed by atoms with van der Waals surface area (Å²) in [5, 5.41) is 0.809.